The Morgan fingerprint density at radius 2 is 1.95 bits per heavy atom. The minimum absolute atomic E-state index is 0. The minimum atomic E-state index is 0. The summed E-state index contributed by atoms with van der Waals surface area (Å²) in [5.41, 5.74) is 0. The highest BCUT2D eigenvalue weighted by atomic mass is 35.5. The zero-order valence-corrected chi connectivity index (χ0v) is 15.3. The molecule has 0 aromatic heterocycles. The first kappa shape index (κ1) is 19.1. The molecule has 21 heavy (non-hydrogen) atoms. The summed E-state index contributed by atoms with van der Waals surface area (Å²) in [7, 11) is 0. The smallest absolute Gasteiger partial charge is 0.222 e. The van der Waals surface area contributed by atoms with Crippen LogP contribution in [0.3, 0.4) is 0 Å². The maximum Gasteiger partial charge on any atom is 0.222 e. The highest BCUT2D eigenvalue weighted by Gasteiger charge is 2.28. The summed E-state index contributed by atoms with van der Waals surface area (Å²) in [5, 5.41) is 4.03. The van der Waals surface area contributed by atoms with E-state index in [-0.39, 0.29) is 12.4 Å². The van der Waals surface area contributed by atoms with E-state index in [1.54, 1.807) is 0 Å². The monoisotopic (exact) mass is 334 g/mol. The van der Waals surface area contributed by atoms with Gasteiger partial charge < -0.3 is 10.2 Å². The largest absolute Gasteiger partial charge is 0.341 e. The van der Waals surface area contributed by atoms with E-state index in [1.165, 1.54) is 12.8 Å². The third-order valence-corrected chi connectivity index (χ3v) is 6.41. The molecule has 2 rings (SSSR count). The van der Waals surface area contributed by atoms with E-state index < -0.39 is 0 Å². The Balaban J connectivity index is 0.00000220. The third-order valence-electron chi connectivity index (χ3n) is 4.87. The molecule has 2 saturated heterocycles. The van der Waals surface area contributed by atoms with E-state index in [0.29, 0.717) is 23.0 Å². The number of carbonyl (C=O) groups is 1. The molecule has 0 bridgehead atoms. The Morgan fingerprint density at radius 1 is 1.29 bits per heavy atom. The maximum absolute atomic E-state index is 12.5. The van der Waals surface area contributed by atoms with Crippen LogP contribution in [0.1, 0.15) is 40.0 Å². The van der Waals surface area contributed by atoms with E-state index in [1.807, 2.05) is 11.8 Å². The molecular formula is C16H31ClN2OS. The summed E-state index contributed by atoms with van der Waals surface area (Å²) >= 11 is 2.04. The van der Waals surface area contributed by atoms with Crippen molar-refractivity contribution < 1.29 is 4.79 Å². The van der Waals surface area contributed by atoms with Crippen molar-refractivity contribution in [1.82, 2.24) is 10.2 Å². The summed E-state index contributed by atoms with van der Waals surface area (Å²) in [6, 6.07) is 0. The van der Waals surface area contributed by atoms with E-state index in [0.717, 1.165) is 44.3 Å². The first-order valence-electron chi connectivity index (χ1n) is 8.18. The molecule has 0 saturated carbocycles. The van der Waals surface area contributed by atoms with Crippen LogP contribution in [0.2, 0.25) is 0 Å². The lowest BCUT2D eigenvalue weighted by molar-refractivity contribution is -0.132. The predicted octanol–water partition coefficient (Wildman–Crippen LogP) is 3.03. The van der Waals surface area contributed by atoms with Gasteiger partial charge in [-0.2, -0.15) is 11.8 Å². The van der Waals surface area contributed by atoms with Crippen molar-refractivity contribution in [1.29, 1.82) is 0 Å². The molecule has 2 aliphatic rings. The SMILES string of the molecule is CC(C)C1CN(C(=O)CC(C)C2CCNCC2)CCS1.Cl. The van der Waals surface area contributed by atoms with E-state index in [9.17, 15) is 4.79 Å². The molecule has 2 heterocycles. The lowest BCUT2D eigenvalue weighted by Crippen LogP contribution is -2.44. The Hall–Kier alpha value is 0.0700. The van der Waals surface area contributed by atoms with Gasteiger partial charge in [0, 0.05) is 30.5 Å². The van der Waals surface area contributed by atoms with Gasteiger partial charge in [-0.15, -0.1) is 12.4 Å². The second-order valence-electron chi connectivity index (χ2n) is 6.76. The average molecular weight is 335 g/mol. The Morgan fingerprint density at radius 3 is 2.57 bits per heavy atom. The lowest BCUT2D eigenvalue weighted by Gasteiger charge is -2.36. The molecule has 124 valence electrons. The molecule has 0 aromatic rings. The van der Waals surface area contributed by atoms with Crippen molar-refractivity contribution in [2.45, 2.75) is 45.3 Å². The van der Waals surface area contributed by atoms with Gasteiger partial charge in [0.25, 0.3) is 0 Å². The number of hydrogen-bond donors (Lipinski definition) is 1. The molecule has 0 spiro atoms. The topological polar surface area (TPSA) is 32.3 Å². The van der Waals surface area contributed by atoms with Crippen molar-refractivity contribution in [2.24, 2.45) is 17.8 Å². The normalized spacial score (nSPS) is 25.5. The summed E-state index contributed by atoms with van der Waals surface area (Å²) in [6.45, 7) is 11.0. The number of hydrogen-bond acceptors (Lipinski definition) is 3. The molecule has 5 heteroatoms. The fourth-order valence-corrected chi connectivity index (χ4v) is 4.59. The zero-order valence-electron chi connectivity index (χ0n) is 13.6. The summed E-state index contributed by atoms with van der Waals surface area (Å²) < 4.78 is 0. The zero-order chi connectivity index (χ0) is 14.5. The van der Waals surface area contributed by atoms with Gasteiger partial charge in [-0.3, -0.25) is 4.79 Å². The van der Waals surface area contributed by atoms with Gasteiger partial charge in [0.15, 0.2) is 0 Å². The van der Waals surface area contributed by atoms with Gasteiger partial charge in [0.2, 0.25) is 5.91 Å². The second kappa shape index (κ2) is 9.26. The van der Waals surface area contributed by atoms with Crippen LogP contribution in [0, 0.1) is 17.8 Å². The quantitative estimate of drug-likeness (QED) is 0.857. The fourth-order valence-electron chi connectivity index (χ4n) is 3.29. The number of halogens is 1. The van der Waals surface area contributed by atoms with Crippen LogP contribution in [0.25, 0.3) is 0 Å². The highest BCUT2D eigenvalue weighted by Crippen LogP contribution is 2.28. The molecule has 3 nitrogen and oxygen atoms in total. The Kier molecular flexibility index (Phi) is 8.43. The lowest BCUT2D eigenvalue weighted by atomic mass is 9.84. The minimum Gasteiger partial charge on any atom is -0.341 e. The summed E-state index contributed by atoms with van der Waals surface area (Å²) in [5.74, 6) is 3.44. The fraction of sp³-hybridized carbons (Fsp3) is 0.938. The number of amides is 1. The van der Waals surface area contributed by atoms with E-state index >= 15 is 0 Å². The van der Waals surface area contributed by atoms with Crippen LogP contribution in [0.4, 0.5) is 0 Å². The highest BCUT2D eigenvalue weighted by molar-refractivity contribution is 8.00. The number of carbonyl (C=O) groups excluding carboxylic acids is 1. The number of piperidine rings is 1. The molecule has 0 aliphatic carbocycles. The van der Waals surface area contributed by atoms with Crippen LogP contribution in [-0.4, -0.2) is 48.0 Å². The van der Waals surface area contributed by atoms with Crippen LogP contribution in [-0.2, 0) is 4.79 Å². The number of thioether (sulfide) groups is 1. The molecule has 2 atom stereocenters. The third kappa shape index (κ3) is 5.65. The van der Waals surface area contributed by atoms with Crippen molar-refractivity contribution in [2.75, 3.05) is 31.9 Å². The van der Waals surface area contributed by atoms with Crippen molar-refractivity contribution >= 4 is 30.1 Å². The standard InChI is InChI=1S/C16H30N2OS.ClH/c1-12(2)15-11-18(8-9-20-15)16(19)10-13(3)14-4-6-17-7-5-14;/h12-15,17H,4-11H2,1-3H3;1H. The maximum atomic E-state index is 12.5. The van der Waals surface area contributed by atoms with Gasteiger partial charge >= 0.3 is 0 Å². The molecule has 2 aliphatic heterocycles. The van der Waals surface area contributed by atoms with Crippen molar-refractivity contribution in [3.63, 3.8) is 0 Å². The number of rotatable bonds is 4. The average Bonchev–Trinajstić information content (AvgIpc) is 2.48. The van der Waals surface area contributed by atoms with Gasteiger partial charge in [0.1, 0.15) is 0 Å². The molecule has 2 fully saturated rings. The van der Waals surface area contributed by atoms with E-state index in [4.69, 9.17) is 0 Å². The number of nitrogens with one attached hydrogen (secondary N) is 1. The first-order chi connectivity index (χ1) is 9.58. The Bertz CT molecular complexity index is 321. The van der Waals surface area contributed by atoms with Crippen molar-refractivity contribution in [3.05, 3.63) is 0 Å². The number of nitrogens with zero attached hydrogens (tertiary/aromatic N) is 1. The van der Waals surface area contributed by atoms with Gasteiger partial charge in [-0.1, -0.05) is 20.8 Å². The van der Waals surface area contributed by atoms with Crippen LogP contribution < -0.4 is 5.32 Å². The molecular weight excluding hydrogens is 304 g/mol. The van der Waals surface area contributed by atoms with Gasteiger partial charge in [0.05, 0.1) is 0 Å². The molecule has 1 N–H and O–H groups in total. The van der Waals surface area contributed by atoms with Crippen LogP contribution in [0.15, 0.2) is 0 Å². The predicted molar refractivity (Wildman–Crippen MR) is 94.3 cm³/mol. The van der Waals surface area contributed by atoms with E-state index in [2.05, 4.69) is 31.0 Å². The summed E-state index contributed by atoms with van der Waals surface area (Å²) in [4.78, 5) is 14.6. The van der Waals surface area contributed by atoms with Gasteiger partial charge in [-0.05, 0) is 43.7 Å². The van der Waals surface area contributed by atoms with Crippen molar-refractivity contribution in [3.8, 4) is 0 Å². The first-order valence-corrected chi connectivity index (χ1v) is 9.23. The summed E-state index contributed by atoms with van der Waals surface area (Å²) in [6.07, 6.45) is 3.22. The molecule has 2 unspecified atom stereocenters. The molecule has 0 radical (unpaired) electrons. The second-order valence-corrected chi connectivity index (χ2v) is 8.11. The molecule has 0 aromatic carbocycles. The molecule has 1 amide bonds. The Labute approximate surface area is 140 Å². The van der Waals surface area contributed by atoms with Crippen LogP contribution >= 0.6 is 24.2 Å². The van der Waals surface area contributed by atoms with Gasteiger partial charge in [-0.25, -0.2) is 0 Å². The van der Waals surface area contributed by atoms with Crippen LogP contribution in [0.5, 0.6) is 0 Å².